The molecule has 3 aromatic carbocycles. The molecule has 33 heavy (non-hydrogen) atoms. The van der Waals surface area contributed by atoms with Crippen molar-refractivity contribution >= 4 is 37.3 Å². The van der Waals surface area contributed by atoms with Gasteiger partial charge in [0.2, 0.25) is 10.0 Å². The lowest BCUT2D eigenvalue weighted by Crippen LogP contribution is -2.18. The molecule has 0 spiro atoms. The van der Waals surface area contributed by atoms with Gasteiger partial charge in [-0.2, -0.15) is 0 Å². The molecule has 0 aliphatic rings. The summed E-state index contributed by atoms with van der Waals surface area (Å²) in [5, 5.41) is 7.74. The van der Waals surface area contributed by atoms with E-state index in [4.69, 9.17) is 9.88 Å². The molecule has 0 unspecified atom stereocenters. The molecule has 0 fully saturated rings. The van der Waals surface area contributed by atoms with Gasteiger partial charge in [-0.25, -0.2) is 22.0 Å². The van der Waals surface area contributed by atoms with E-state index in [1.165, 1.54) is 43.5 Å². The summed E-state index contributed by atoms with van der Waals surface area (Å²) in [7, 11) is -6.62. The molecule has 11 heteroatoms. The van der Waals surface area contributed by atoms with Crippen molar-refractivity contribution in [2.45, 2.75) is 23.6 Å². The topological polar surface area (TPSA) is 145 Å². The number of amides is 1. The van der Waals surface area contributed by atoms with Crippen LogP contribution in [0.25, 0.3) is 0 Å². The average Bonchev–Trinajstić information content (AvgIpc) is 2.72. The Morgan fingerprint density at radius 1 is 0.909 bits per heavy atom. The predicted octanol–water partition coefficient (Wildman–Crippen LogP) is 3.01. The third-order valence-electron chi connectivity index (χ3n) is 4.78. The predicted molar refractivity (Wildman–Crippen MR) is 125 cm³/mol. The molecule has 4 N–H and O–H groups in total. The van der Waals surface area contributed by atoms with Crippen LogP contribution in [-0.4, -0.2) is 29.9 Å². The first-order chi connectivity index (χ1) is 15.4. The summed E-state index contributed by atoms with van der Waals surface area (Å²) in [5.74, 6) is -0.441. The van der Waals surface area contributed by atoms with Gasteiger partial charge in [0.1, 0.15) is 5.75 Å². The standard InChI is InChI=1S/C22H23N3O6S2/c1-14-5-4-6-16(11-14)25-33(29,30)18-8-7-15(2)19(12-18)22(26)24-20-13-17(32(23,27)28)9-10-21(20)31-3/h4-13,25H,1-3H3,(H,24,26)(H2,23,27,28). The normalized spacial score (nSPS) is 11.6. The quantitative estimate of drug-likeness (QED) is 0.465. The average molecular weight is 490 g/mol. The summed E-state index contributed by atoms with van der Waals surface area (Å²) in [6.07, 6.45) is 0. The number of nitrogens with two attached hydrogens (primary N) is 1. The van der Waals surface area contributed by atoms with Crippen LogP contribution in [0.5, 0.6) is 5.75 Å². The van der Waals surface area contributed by atoms with E-state index in [1.807, 2.05) is 13.0 Å². The van der Waals surface area contributed by atoms with E-state index in [2.05, 4.69) is 10.0 Å². The zero-order valence-corrected chi connectivity index (χ0v) is 19.7. The summed E-state index contributed by atoms with van der Waals surface area (Å²) in [5.41, 5.74) is 1.95. The van der Waals surface area contributed by atoms with Crippen LogP contribution in [0, 0.1) is 13.8 Å². The highest BCUT2D eigenvalue weighted by Gasteiger charge is 2.20. The van der Waals surface area contributed by atoms with Crippen molar-refractivity contribution in [3.05, 3.63) is 77.4 Å². The van der Waals surface area contributed by atoms with Gasteiger partial charge < -0.3 is 10.1 Å². The Bertz CT molecular complexity index is 1430. The van der Waals surface area contributed by atoms with Crippen LogP contribution < -0.4 is 19.9 Å². The first-order valence-electron chi connectivity index (χ1n) is 9.63. The molecular weight excluding hydrogens is 466 g/mol. The molecule has 0 radical (unpaired) electrons. The second kappa shape index (κ2) is 9.22. The molecule has 0 bridgehead atoms. The van der Waals surface area contributed by atoms with Crippen LogP contribution in [0.1, 0.15) is 21.5 Å². The number of rotatable bonds is 7. The van der Waals surface area contributed by atoms with Crippen LogP contribution >= 0.6 is 0 Å². The van der Waals surface area contributed by atoms with E-state index in [9.17, 15) is 21.6 Å². The Kier molecular flexibility index (Phi) is 6.77. The SMILES string of the molecule is COc1ccc(S(N)(=O)=O)cc1NC(=O)c1cc(S(=O)(=O)Nc2cccc(C)c2)ccc1C. The van der Waals surface area contributed by atoms with Gasteiger partial charge in [0.15, 0.2) is 0 Å². The third-order valence-corrected chi connectivity index (χ3v) is 7.07. The Balaban J connectivity index is 1.95. The van der Waals surface area contributed by atoms with Crippen LogP contribution in [0.15, 0.2) is 70.5 Å². The Morgan fingerprint density at radius 2 is 1.61 bits per heavy atom. The highest BCUT2D eigenvalue weighted by molar-refractivity contribution is 7.92. The largest absolute Gasteiger partial charge is 0.495 e. The van der Waals surface area contributed by atoms with Crippen molar-refractivity contribution in [2.75, 3.05) is 17.1 Å². The summed E-state index contributed by atoms with van der Waals surface area (Å²) in [4.78, 5) is 12.7. The summed E-state index contributed by atoms with van der Waals surface area (Å²) in [6, 6.07) is 14.8. The lowest BCUT2D eigenvalue weighted by Gasteiger charge is -2.14. The zero-order chi connectivity index (χ0) is 24.4. The van der Waals surface area contributed by atoms with E-state index in [-0.39, 0.29) is 26.8 Å². The number of ether oxygens (including phenoxy) is 1. The third kappa shape index (κ3) is 5.69. The second-order valence-electron chi connectivity index (χ2n) is 7.31. The summed E-state index contributed by atoms with van der Waals surface area (Å²) >= 11 is 0. The van der Waals surface area contributed by atoms with Crippen molar-refractivity contribution in [3.63, 3.8) is 0 Å². The maximum atomic E-state index is 13.0. The Labute approximate surface area is 192 Å². The van der Waals surface area contributed by atoms with Gasteiger partial charge in [-0.1, -0.05) is 18.2 Å². The smallest absolute Gasteiger partial charge is 0.261 e. The van der Waals surface area contributed by atoms with Crippen LogP contribution in [-0.2, 0) is 20.0 Å². The number of carbonyl (C=O) groups is 1. The molecule has 0 aromatic heterocycles. The van der Waals surface area contributed by atoms with E-state index < -0.39 is 26.0 Å². The molecule has 0 atom stereocenters. The van der Waals surface area contributed by atoms with E-state index >= 15 is 0 Å². The lowest BCUT2D eigenvalue weighted by molar-refractivity contribution is 0.102. The van der Waals surface area contributed by atoms with Crippen molar-refractivity contribution in [1.29, 1.82) is 0 Å². The molecular formula is C22H23N3O6S2. The number of benzene rings is 3. The van der Waals surface area contributed by atoms with Crippen molar-refractivity contribution in [2.24, 2.45) is 5.14 Å². The Hall–Kier alpha value is -3.41. The molecule has 1 amide bonds. The molecule has 0 aliphatic heterocycles. The fraction of sp³-hybridized carbons (Fsp3) is 0.136. The first-order valence-corrected chi connectivity index (χ1v) is 12.7. The van der Waals surface area contributed by atoms with Gasteiger partial charge in [0.05, 0.1) is 22.6 Å². The summed E-state index contributed by atoms with van der Waals surface area (Å²) < 4.78 is 56.8. The number of hydrogen-bond acceptors (Lipinski definition) is 6. The van der Waals surface area contributed by atoms with Gasteiger partial charge in [0, 0.05) is 11.3 Å². The number of hydrogen-bond donors (Lipinski definition) is 3. The second-order valence-corrected chi connectivity index (χ2v) is 10.6. The highest BCUT2D eigenvalue weighted by atomic mass is 32.2. The monoisotopic (exact) mass is 489 g/mol. The minimum Gasteiger partial charge on any atom is -0.495 e. The lowest BCUT2D eigenvalue weighted by atomic mass is 10.1. The minimum absolute atomic E-state index is 0.0690. The van der Waals surface area contributed by atoms with Crippen molar-refractivity contribution in [3.8, 4) is 5.75 Å². The van der Waals surface area contributed by atoms with Gasteiger partial charge in [-0.3, -0.25) is 9.52 Å². The number of anilines is 2. The minimum atomic E-state index is -4.01. The Morgan fingerprint density at radius 3 is 2.24 bits per heavy atom. The molecule has 0 aliphatic carbocycles. The maximum absolute atomic E-state index is 13.0. The molecule has 9 nitrogen and oxygen atoms in total. The molecule has 0 heterocycles. The molecule has 3 rings (SSSR count). The van der Waals surface area contributed by atoms with Gasteiger partial charge in [0.25, 0.3) is 15.9 Å². The zero-order valence-electron chi connectivity index (χ0n) is 18.1. The molecule has 0 saturated carbocycles. The van der Waals surface area contributed by atoms with Crippen LogP contribution in [0.2, 0.25) is 0 Å². The maximum Gasteiger partial charge on any atom is 0.261 e. The van der Waals surface area contributed by atoms with Gasteiger partial charge in [-0.05, 0) is 67.4 Å². The molecule has 0 saturated heterocycles. The number of nitrogens with one attached hydrogen (secondary N) is 2. The fourth-order valence-electron chi connectivity index (χ4n) is 3.09. The first kappa shape index (κ1) is 24.2. The highest BCUT2D eigenvalue weighted by Crippen LogP contribution is 2.28. The van der Waals surface area contributed by atoms with Crippen molar-refractivity contribution in [1.82, 2.24) is 0 Å². The summed E-state index contributed by atoms with van der Waals surface area (Å²) in [6.45, 7) is 3.49. The fourth-order valence-corrected chi connectivity index (χ4v) is 4.70. The van der Waals surface area contributed by atoms with E-state index in [0.717, 1.165) is 5.56 Å². The number of primary sulfonamides is 1. The van der Waals surface area contributed by atoms with E-state index in [1.54, 1.807) is 25.1 Å². The molecule has 174 valence electrons. The molecule has 3 aromatic rings. The van der Waals surface area contributed by atoms with Crippen LogP contribution in [0.3, 0.4) is 0 Å². The number of carbonyl (C=O) groups excluding carboxylic acids is 1. The van der Waals surface area contributed by atoms with Crippen molar-refractivity contribution < 1.29 is 26.4 Å². The van der Waals surface area contributed by atoms with Crippen LogP contribution in [0.4, 0.5) is 11.4 Å². The van der Waals surface area contributed by atoms with Gasteiger partial charge in [-0.15, -0.1) is 0 Å². The number of aryl methyl sites for hydroxylation is 2. The number of methoxy groups -OCH3 is 1. The van der Waals surface area contributed by atoms with Gasteiger partial charge >= 0.3 is 0 Å². The number of sulfonamides is 2. The van der Waals surface area contributed by atoms with E-state index in [0.29, 0.717) is 11.3 Å².